The van der Waals surface area contributed by atoms with E-state index in [4.69, 9.17) is 11.6 Å². The summed E-state index contributed by atoms with van der Waals surface area (Å²) >= 11 is 6.00. The van der Waals surface area contributed by atoms with Crippen molar-refractivity contribution < 1.29 is 22.7 Å². The van der Waals surface area contributed by atoms with Gasteiger partial charge in [-0.3, -0.25) is 14.6 Å². The van der Waals surface area contributed by atoms with Gasteiger partial charge in [0, 0.05) is 25.2 Å². The molecule has 2 N–H and O–H groups in total. The first-order valence-electron chi connectivity index (χ1n) is 7.61. The second kappa shape index (κ2) is 7.87. The first-order chi connectivity index (χ1) is 12.5. The molecule has 1 heterocycles. The minimum absolute atomic E-state index is 0.0163. The van der Waals surface area contributed by atoms with Gasteiger partial charge in [0.15, 0.2) is 0 Å². The van der Waals surface area contributed by atoms with Crippen LogP contribution in [0.4, 0.5) is 19.1 Å². The molecular formula is C16H16ClF3N4O3. The van der Waals surface area contributed by atoms with Gasteiger partial charge in [0.1, 0.15) is 11.4 Å². The molecular weight excluding hydrogens is 389 g/mol. The average Bonchev–Trinajstić information content (AvgIpc) is 2.52. The molecule has 1 atom stereocenters. The molecule has 0 unspecified atom stereocenters. The molecule has 2 aromatic rings. The van der Waals surface area contributed by atoms with Crippen LogP contribution in [-0.2, 0) is 0 Å². The van der Waals surface area contributed by atoms with Crippen molar-refractivity contribution in [1.82, 2.24) is 15.3 Å². The minimum atomic E-state index is -4.83. The number of hydrogen-bond donors (Lipinski definition) is 2. The van der Waals surface area contributed by atoms with Crippen LogP contribution in [0.5, 0.6) is 5.75 Å². The van der Waals surface area contributed by atoms with Gasteiger partial charge in [0.2, 0.25) is 5.95 Å². The molecule has 11 heteroatoms. The lowest BCUT2D eigenvalue weighted by atomic mass is 10.1. The van der Waals surface area contributed by atoms with E-state index in [0.717, 1.165) is 18.2 Å². The standard InChI is InChI=1S/C16H16ClF3N4O3/c1-8(10-5-4-9(6-11(10)17)27-16(18,19)20)21-14(26)12-7-13(25)23-15(22-12)24(2)3/h4-8H,1-3H3,(H,21,26)(H,22,23,25)/t8-/m1/s1. The Morgan fingerprint density at radius 2 is 2.00 bits per heavy atom. The summed E-state index contributed by atoms with van der Waals surface area (Å²) in [5, 5.41) is 2.58. The van der Waals surface area contributed by atoms with E-state index in [2.05, 4.69) is 20.0 Å². The highest BCUT2D eigenvalue weighted by Crippen LogP contribution is 2.30. The first kappa shape index (κ1) is 20.6. The molecule has 1 amide bonds. The van der Waals surface area contributed by atoms with E-state index in [-0.39, 0.29) is 16.7 Å². The van der Waals surface area contributed by atoms with Gasteiger partial charge in [0.25, 0.3) is 11.5 Å². The fraction of sp³-hybridized carbons (Fsp3) is 0.312. The molecule has 27 heavy (non-hydrogen) atoms. The van der Waals surface area contributed by atoms with Crippen molar-refractivity contribution >= 4 is 23.5 Å². The number of alkyl halides is 3. The van der Waals surface area contributed by atoms with Crippen LogP contribution in [0.15, 0.2) is 29.1 Å². The van der Waals surface area contributed by atoms with Gasteiger partial charge in [-0.25, -0.2) is 4.98 Å². The quantitative estimate of drug-likeness (QED) is 0.800. The van der Waals surface area contributed by atoms with E-state index >= 15 is 0 Å². The zero-order valence-electron chi connectivity index (χ0n) is 14.5. The zero-order valence-corrected chi connectivity index (χ0v) is 15.3. The highest BCUT2D eigenvalue weighted by molar-refractivity contribution is 6.31. The Balaban J connectivity index is 2.18. The van der Waals surface area contributed by atoms with Crippen molar-refractivity contribution in [2.75, 3.05) is 19.0 Å². The SMILES string of the molecule is C[C@@H](NC(=O)c1cc(=O)[nH]c(N(C)C)n1)c1ccc(OC(F)(F)F)cc1Cl. The number of carbonyl (C=O) groups excluding carboxylic acids is 1. The van der Waals surface area contributed by atoms with Crippen molar-refractivity contribution in [1.29, 1.82) is 0 Å². The lowest BCUT2D eigenvalue weighted by molar-refractivity contribution is -0.274. The maximum absolute atomic E-state index is 12.4. The molecule has 0 radical (unpaired) electrons. The molecule has 2 rings (SSSR count). The van der Waals surface area contributed by atoms with Gasteiger partial charge in [-0.1, -0.05) is 17.7 Å². The molecule has 0 spiro atoms. The van der Waals surface area contributed by atoms with Crippen molar-refractivity contribution in [3.63, 3.8) is 0 Å². The Kier molecular flexibility index (Phi) is 5.99. The third-order valence-corrected chi connectivity index (χ3v) is 3.73. The number of amides is 1. The maximum atomic E-state index is 12.4. The second-order valence-corrected chi connectivity index (χ2v) is 6.18. The number of halogens is 4. The maximum Gasteiger partial charge on any atom is 0.573 e. The summed E-state index contributed by atoms with van der Waals surface area (Å²) < 4.78 is 40.6. The van der Waals surface area contributed by atoms with Crippen LogP contribution in [-0.4, -0.2) is 36.3 Å². The summed E-state index contributed by atoms with van der Waals surface area (Å²) in [4.78, 5) is 32.0. The van der Waals surface area contributed by atoms with E-state index in [9.17, 15) is 22.8 Å². The monoisotopic (exact) mass is 404 g/mol. The zero-order chi connectivity index (χ0) is 20.4. The number of aromatic nitrogens is 2. The Morgan fingerprint density at radius 3 is 2.56 bits per heavy atom. The topological polar surface area (TPSA) is 87.3 Å². The first-order valence-corrected chi connectivity index (χ1v) is 7.99. The Hall–Kier alpha value is -2.75. The highest BCUT2D eigenvalue weighted by Gasteiger charge is 2.31. The fourth-order valence-electron chi connectivity index (χ4n) is 2.18. The molecule has 0 aliphatic heterocycles. The fourth-order valence-corrected chi connectivity index (χ4v) is 2.51. The van der Waals surface area contributed by atoms with Crippen LogP contribution < -0.4 is 20.5 Å². The molecule has 1 aromatic carbocycles. The van der Waals surface area contributed by atoms with Gasteiger partial charge in [-0.15, -0.1) is 13.2 Å². The lowest BCUT2D eigenvalue weighted by Crippen LogP contribution is -2.30. The summed E-state index contributed by atoms with van der Waals surface area (Å²) in [6, 6.07) is 3.78. The van der Waals surface area contributed by atoms with Crippen LogP contribution in [0, 0.1) is 0 Å². The van der Waals surface area contributed by atoms with Gasteiger partial charge >= 0.3 is 6.36 Å². The van der Waals surface area contributed by atoms with E-state index in [0.29, 0.717) is 5.56 Å². The Bertz CT molecular complexity index is 899. The van der Waals surface area contributed by atoms with E-state index in [1.807, 2.05) is 0 Å². The smallest absolute Gasteiger partial charge is 0.406 e. The number of nitrogens with one attached hydrogen (secondary N) is 2. The average molecular weight is 405 g/mol. The van der Waals surface area contributed by atoms with Gasteiger partial charge < -0.3 is 15.0 Å². The summed E-state index contributed by atoms with van der Waals surface area (Å²) in [7, 11) is 3.29. The predicted octanol–water partition coefficient (Wildman–Crippen LogP) is 2.88. The van der Waals surface area contributed by atoms with Crippen molar-refractivity contribution in [3.8, 4) is 5.75 Å². The number of rotatable bonds is 5. The molecule has 146 valence electrons. The molecule has 0 saturated heterocycles. The number of H-pyrrole nitrogens is 1. The molecule has 0 saturated carbocycles. The normalized spacial score (nSPS) is 12.4. The van der Waals surface area contributed by atoms with Crippen molar-refractivity contribution in [2.24, 2.45) is 0 Å². The Labute approximate surface area is 157 Å². The van der Waals surface area contributed by atoms with E-state index in [1.54, 1.807) is 21.0 Å². The summed E-state index contributed by atoms with van der Waals surface area (Å²) in [5.41, 5.74) is -0.238. The minimum Gasteiger partial charge on any atom is -0.406 e. The van der Waals surface area contributed by atoms with Crippen LogP contribution in [0.2, 0.25) is 5.02 Å². The molecule has 0 fully saturated rings. The van der Waals surface area contributed by atoms with Gasteiger partial charge in [-0.2, -0.15) is 0 Å². The van der Waals surface area contributed by atoms with Gasteiger partial charge in [0.05, 0.1) is 6.04 Å². The number of aromatic amines is 1. The number of ether oxygens (including phenoxy) is 1. The summed E-state index contributed by atoms with van der Waals surface area (Å²) in [6.45, 7) is 1.59. The lowest BCUT2D eigenvalue weighted by Gasteiger charge is -2.17. The van der Waals surface area contributed by atoms with Crippen molar-refractivity contribution in [2.45, 2.75) is 19.3 Å². The van der Waals surface area contributed by atoms with Crippen LogP contribution in [0.3, 0.4) is 0 Å². The molecule has 0 aliphatic carbocycles. The largest absolute Gasteiger partial charge is 0.573 e. The number of benzene rings is 1. The second-order valence-electron chi connectivity index (χ2n) is 5.77. The highest BCUT2D eigenvalue weighted by atomic mass is 35.5. The third kappa shape index (κ3) is 5.61. The molecule has 1 aromatic heterocycles. The number of hydrogen-bond acceptors (Lipinski definition) is 5. The molecule has 0 aliphatic rings. The summed E-state index contributed by atoms with van der Waals surface area (Å²) in [5.74, 6) is -0.906. The summed E-state index contributed by atoms with van der Waals surface area (Å²) in [6.07, 6.45) is -4.83. The third-order valence-electron chi connectivity index (χ3n) is 3.41. The predicted molar refractivity (Wildman–Crippen MR) is 93.2 cm³/mol. The van der Waals surface area contributed by atoms with Crippen LogP contribution >= 0.6 is 11.6 Å². The van der Waals surface area contributed by atoms with Crippen LogP contribution in [0.25, 0.3) is 0 Å². The number of nitrogens with zero attached hydrogens (tertiary/aromatic N) is 2. The number of carbonyl (C=O) groups is 1. The molecule has 0 bridgehead atoms. The van der Waals surface area contributed by atoms with Crippen LogP contribution in [0.1, 0.15) is 29.0 Å². The van der Waals surface area contributed by atoms with E-state index in [1.165, 1.54) is 11.0 Å². The Morgan fingerprint density at radius 1 is 1.33 bits per heavy atom. The van der Waals surface area contributed by atoms with Crippen molar-refractivity contribution in [3.05, 3.63) is 50.9 Å². The van der Waals surface area contributed by atoms with Gasteiger partial charge in [-0.05, 0) is 24.6 Å². The van der Waals surface area contributed by atoms with E-state index < -0.39 is 29.6 Å². The number of anilines is 1. The molecule has 7 nitrogen and oxygen atoms in total.